The Morgan fingerprint density at radius 3 is 2.00 bits per heavy atom. The summed E-state index contributed by atoms with van der Waals surface area (Å²) in [5.41, 5.74) is 0. The third kappa shape index (κ3) is 3.82. The number of aliphatic hydroxyl groups is 1. The van der Waals surface area contributed by atoms with Gasteiger partial charge in [0.05, 0.1) is 0 Å². The van der Waals surface area contributed by atoms with Crippen molar-refractivity contribution in [2.75, 3.05) is 6.61 Å². The zero-order valence-corrected chi connectivity index (χ0v) is 5.27. The van der Waals surface area contributed by atoms with Crippen LogP contribution in [0.2, 0.25) is 0 Å². The maximum atomic E-state index is 8.69. The normalized spacial score (nSPS) is 21.0. The fourth-order valence-corrected chi connectivity index (χ4v) is 1.37. The van der Waals surface area contributed by atoms with Crippen LogP contribution in [0.5, 0.6) is 0 Å². The van der Waals surface area contributed by atoms with Crippen LogP contribution in [0.15, 0.2) is 0 Å². The van der Waals surface area contributed by atoms with Crippen molar-refractivity contribution in [3.05, 3.63) is 0 Å². The van der Waals surface area contributed by atoms with Crippen LogP contribution in [0.25, 0.3) is 0 Å². The van der Waals surface area contributed by atoms with Crippen LogP contribution in [-0.2, 0) is 0 Å². The summed E-state index contributed by atoms with van der Waals surface area (Å²) in [6.45, 7) is 0.417. The zero-order chi connectivity index (χ0) is 5.82. The molecule has 9 heavy (non-hydrogen) atoms. The summed E-state index contributed by atoms with van der Waals surface area (Å²) in [7, 11) is 0. The van der Waals surface area contributed by atoms with Gasteiger partial charge in [0.2, 0.25) is 0 Å². The summed E-state index contributed by atoms with van der Waals surface area (Å²) >= 11 is 0. The molecule has 1 rings (SSSR count). The molecule has 0 atom stereocenters. The van der Waals surface area contributed by atoms with Gasteiger partial charge in [-0.25, -0.2) is 0 Å². The molecular formula is C7H16CaO. The van der Waals surface area contributed by atoms with Crippen molar-refractivity contribution >= 4 is 37.7 Å². The Balaban J connectivity index is 0.000000640. The van der Waals surface area contributed by atoms with Crippen molar-refractivity contribution in [1.82, 2.24) is 0 Å². The van der Waals surface area contributed by atoms with Gasteiger partial charge in [-0.15, -0.1) is 0 Å². The Labute approximate surface area is 86.8 Å². The van der Waals surface area contributed by atoms with Gasteiger partial charge in [0.1, 0.15) is 0 Å². The standard InChI is InChI=1S/C7H14O.Ca.2H/c8-6-7-4-2-1-3-5-7;;;/h7-8H,1-6H2;;;. The first-order chi connectivity index (χ1) is 3.93. The first-order valence-electron chi connectivity index (χ1n) is 3.54. The molecule has 1 N–H and O–H groups in total. The monoisotopic (exact) mass is 156 g/mol. The van der Waals surface area contributed by atoms with Gasteiger partial charge >= 0.3 is 37.7 Å². The second-order valence-electron chi connectivity index (χ2n) is 2.69. The molecule has 0 aromatic heterocycles. The van der Waals surface area contributed by atoms with Crippen molar-refractivity contribution in [3.8, 4) is 0 Å². The Hall–Kier alpha value is 1.22. The van der Waals surface area contributed by atoms with E-state index in [0.717, 1.165) is 0 Å². The molecule has 0 unspecified atom stereocenters. The second-order valence-corrected chi connectivity index (χ2v) is 2.69. The van der Waals surface area contributed by atoms with Crippen LogP contribution in [0, 0.1) is 5.92 Å². The quantitative estimate of drug-likeness (QED) is 0.552. The zero-order valence-electron chi connectivity index (χ0n) is 5.27. The van der Waals surface area contributed by atoms with Crippen molar-refractivity contribution in [2.24, 2.45) is 5.92 Å². The summed E-state index contributed by atoms with van der Waals surface area (Å²) in [6, 6.07) is 0. The van der Waals surface area contributed by atoms with Crippen LogP contribution in [-0.4, -0.2) is 49.5 Å². The molecule has 0 spiro atoms. The average Bonchev–Trinajstić information content (AvgIpc) is 1.90. The van der Waals surface area contributed by atoms with E-state index in [9.17, 15) is 0 Å². The van der Waals surface area contributed by atoms with E-state index >= 15 is 0 Å². The van der Waals surface area contributed by atoms with E-state index in [2.05, 4.69) is 0 Å². The Morgan fingerprint density at radius 1 is 1.11 bits per heavy atom. The molecule has 0 aromatic rings. The van der Waals surface area contributed by atoms with Crippen molar-refractivity contribution in [1.29, 1.82) is 0 Å². The fourth-order valence-electron chi connectivity index (χ4n) is 1.37. The van der Waals surface area contributed by atoms with Crippen molar-refractivity contribution in [3.63, 3.8) is 0 Å². The summed E-state index contributed by atoms with van der Waals surface area (Å²) in [5, 5.41) is 8.69. The first kappa shape index (κ1) is 10.2. The second kappa shape index (κ2) is 5.96. The molecule has 1 aliphatic rings. The Morgan fingerprint density at radius 2 is 1.67 bits per heavy atom. The molecule has 0 bridgehead atoms. The SMILES string of the molecule is OCC1CCCCC1.[CaH2]. The van der Waals surface area contributed by atoms with Gasteiger partial charge in [0.25, 0.3) is 0 Å². The predicted octanol–water partition coefficient (Wildman–Crippen LogP) is 0.643. The molecule has 0 saturated heterocycles. The van der Waals surface area contributed by atoms with Crippen LogP contribution in [0.3, 0.4) is 0 Å². The molecule has 0 radical (unpaired) electrons. The first-order valence-corrected chi connectivity index (χ1v) is 3.54. The van der Waals surface area contributed by atoms with Crippen LogP contribution in [0.4, 0.5) is 0 Å². The maximum absolute atomic E-state index is 8.69. The van der Waals surface area contributed by atoms with Gasteiger partial charge in [-0.3, -0.25) is 0 Å². The van der Waals surface area contributed by atoms with Gasteiger partial charge in [-0.1, -0.05) is 19.3 Å². The minimum atomic E-state index is 0. The summed E-state index contributed by atoms with van der Waals surface area (Å²) in [5.74, 6) is 0.642. The third-order valence-electron chi connectivity index (χ3n) is 1.98. The number of aliphatic hydroxyl groups excluding tert-OH is 1. The molecule has 0 heterocycles. The molecule has 1 nitrogen and oxygen atoms in total. The van der Waals surface area contributed by atoms with Gasteiger partial charge < -0.3 is 5.11 Å². The molecule has 52 valence electrons. The molecule has 0 amide bonds. The summed E-state index contributed by atoms with van der Waals surface area (Å²) in [6.07, 6.45) is 6.58. The summed E-state index contributed by atoms with van der Waals surface area (Å²) in [4.78, 5) is 0. The number of hydrogen-bond donors (Lipinski definition) is 1. The molecule has 2 heteroatoms. The molecule has 1 aliphatic carbocycles. The Bertz CT molecular complexity index is 59.9. The summed E-state index contributed by atoms with van der Waals surface area (Å²) < 4.78 is 0. The van der Waals surface area contributed by atoms with Crippen molar-refractivity contribution in [2.45, 2.75) is 32.1 Å². The average molecular weight is 156 g/mol. The minimum absolute atomic E-state index is 0. The molecule has 1 saturated carbocycles. The van der Waals surface area contributed by atoms with E-state index in [0.29, 0.717) is 12.5 Å². The molecule has 0 aromatic carbocycles. The number of rotatable bonds is 1. The Kier molecular flexibility index (Phi) is 6.77. The van der Waals surface area contributed by atoms with Crippen LogP contribution in [0.1, 0.15) is 32.1 Å². The van der Waals surface area contributed by atoms with E-state index in [1.807, 2.05) is 0 Å². The van der Waals surface area contributed by atoms with E-state index in [-0.39, 0.29) is 37.7 Å². The fraction of sp³-hybridized carbons (Fsp3) is 1.00. The molecule has 1 fully saturated rings. The molecule has 0 aliphatic heterocycles. The van der Waals surface area contributed by atoms with Gasteiger partial charge in [0.15, 0.2) is 0 Å². The van der Waals surface area contributed by atoms with Crippen LogP contribution >= 0.6 is 0 Å². The van der Waals surface area contributed by atoms with Gasteiger partial charge in [-0.2, -0.15) is 0 Å². The van der Waals surface area contributed by atoms with Gasteiger partial charge in [0, 0.05) is 6.61 Å². The van der Waals surface area contributed by atoms with E-state index in [1.165, 1.54) is 32.1 Å². The van der Waals surface area contributed by atoms with Crippen molar-refractivity contribution < 1.29 is 5.11 Å². The van der Waals surface area contributed by atoms with E-state index < -0.39 is 0 Å². The van der Waals surface area contributed by atoms with Gasteiger partial charge in [-0.05, 0) is 18.8 Å². The van der Waals surface area contributed by atoms with E-state index in [1.54, 1.807) is 0 Å². The van der Waals surface area contributed by atoms with E-state index in [4.69, 9.17) is 5.11 Å². The topological polar surface area (TPSA) is 20.2 Å². The molecular weight excluding hydrogens is 140 g/mol. The van der Waals surface area contributed by atoms with Crippen LogP contribution < -0.4 is 0 Å². The third-order valence-corrected chi connectivity index (χ3v) is 1.98. The number of hydrogen-bond acceptors (Lipinski definition) is 1. The predicted molar refractivity (Wildman–Crippen MR) is 42.2 cm³/mol.